The molecule has 0 spiro atoms. The van der Waals surface area contributed by atoms with Crippen LogP contribution >= 0.6 is 0 Å². The van der Waals surface area contributed by atoms with Crippen molar-refractivity contribution < 1.29 is 9.53 Å². The van der Waals surface area contributed by atoms with Gasteiger partial charge in [0, 0.05) is 17.0 Å². The summed E-state index contributed by atoms with van der Waals surface area (Å²) >= 11 is 0. The zero-order chi connectivity index (χ0) is 21.9. The Labute approximate surface area is 186 Å². The minimum atomic E-state index is -0.242. The van der Waals surface area contributed by atoms with Gasteiger partial charge in [-0.3, -0.25) is 9.78 Å². The van der Waals surface area contributed by atoms with Gasteiger partial charge in [0.1, 0.15) is 11.5 Å². The second kappa shape index (κ2) is 8.63. The first-order valence-electron chi connectivity index (χ1n) is 10.7. The van der Waals surface area contributed by atoms with Crippen LogP contribution in [0, 0.1) is 6.92 Å². The van der Waals surface area contributed by atoms with Crippen molar-refractivity contribution in [2.24, 2.45) is 5.10 Å². The third kappa shape index (κ3) is 4.52. The highest BCUT2D eigenvalue weighted by Gasteiger charge is 2.26. The van der Waals surface area contributed by atoms with Gasteiger partial charge in [-0.2, -0.15) is 5.10 Å². The molecular weight excluding hydrogens is 398 g/mol. The largest absolute Gasteiger partial charge is 0.457 e. The van der Waals surface area contributed by atoms with Gasteiger partial charge in [0.15, 0.2) is 0 Å². The summed E-state index contributed by atoms with van der Waals surface area (Å²) in [5.74, 6) is 1.70. The van der Waals surface area contributed by atoms with E-state index in [4.69, 9.17) is 9.72 Å². The van der Waals surface area contributed by atoms with Crippen molar-refractivity contribution in [2.75, 3.05) is 0 Å². The number of rotatable bonds is 6. The van der Waals surface area contributed by atoms with Gasteiger partial charge in [0.25, 0.3) is 5.91 Å². The average Bonchev–Trinajstić information content (AvgIpc) is 3.66. The van der Waals surface area contributed by atoms with Crippen LogP contribution in [0.15, 0.2) is 84.0 Å². The van der Waals surface area contributed by atoms with Crippen LogP contribution in [0.2, 0.25) is 0 Å². The zero-order valence-electron chi connectivity index (χ0n) is 17.8. The monoisotopic (exact) mass is 421 g/mol. The number of carbonyl (C=O) groups excluding carboxylic acids is 1. The maximum absolute atomic E-state index is 12.9. The summed E-state index contributed by atoms with van der Waals surface area (Å²) < 4.78 is 5.90. The first-order valence-corrected chi connectivity index (χ1v) is 10.7. The van der Waals surface area contributed by atoms with Crippen LogP contribution in [-0.2, 0) is 0 Å². The second-order valence-corrected chi connectivity index (χ2v) is 8.07. The molecule has 158 valence electrons. The van der Waals surface area contributed by atoms with E-state index in [2.05, 4.69) is 10.5 Å². The normalized spacial score (nSPS) is 13.4. The lowest BCUT2D eigenvalue weighted by Gasteiger charge is -2.08. The third-order valence-corrected chi connectivity index (χ3v) is 5.47. The lowest BCUT2D eigenvalue weighted by molar-refractivity contribution is 0.0956. The number of ether oxygens (including phenoxy) is 1. The SMILES string of the molecule is Cc1ccc(Oc2cccc(C=NNC(=O)c3cc(C4CC4)nc4ccccc34)c2)cc1. The van der Waals surface area contributed by atoms with Gasteiger partial charge < -0.3 is 4.74 Å². The topological polar surface area (TPSA) is 63.6 Å². The van der Waals surface area contributed by atoms with Gasteiger partial charge in [0.05, 0.1) is 17.3 Å². The number of nitrogens with one attached hydrogen (secondary N) is 1. The Balaban J connectivity index is 1.31. The van der Waals surface area contributed by atoms with Crippen LogP contribution in [0.5, 0.6) is 11.5 Å². The molecule has 32 heavy (non-hydrogen) atoms. The van der Waals surface area contributed by atoms with Crippen LogP contribution in [-0.4, -0.2) is 17.1 Å². The molecule has 1 saturated carbocycles. The van der Waals surface area contributed by atoms with E-state index in [-0.39, 0.29) is 5.91 Å². The molecule has 3 aromatic carbocycles. The Hall–Kier alpha value is -3.99. The summed E-state index contributed by atoms with van der Waals surface area (Å²) in [7, 11) is 0. The number of aryl methyl sites for hydroxylation is 1. The molecule has 0 aliphatic heterocycles. The summed E-state index contributed by atoms with van der Waals surface area (Å²) in [6, 6.07) is 25.1. The Bertz CT molecular complexity index is 1310. The molecule has 1 aliphatic rings. The van der Waals surface area contributed by atoms with Gasteiger partial charge in [-0.05, 0) is 61.7 Å². The van der Waals surface area contributed by atoms with E-state index in [9.17, 15) is 4.79 Å². The van der Waals surface area contributed by atoms with Crippen molar-refractivity contribution in [1.29, 1.82) is 0 Å². The Morgan fingerprint density at radius 1 is 1.00 bits per heavy atom. The van der Waals surface area contributed by atoms with Crippen LogP contribution in [0.1, 0.15) is 45.9 Å². The fourth-order valence-electron chi connectivity index (χ4n) is 3.60. The van der Waals surface area contributed by atoms with E-state index in [0.29, 0.717) is 17.2 Å². The first kappa shape index (κ1) is 19.9. The summed E-state index contributed by atoms with van der Waals surface area (Å²) in [4.78, 5) is 17.6. The molecule has 5 nitrogen and oxygen atoms in total. The predicted octanol–water partition coefficient (Wildman–Crippen LogP) is 5.98. The summed E-state index contributed by atoms with van der Waals surface area (Å²) in [6.07, 6.45) is 3.88. The van der Waals surface area contributed by atoms with Crippen LogP contribution < -0.4 is 10.2 Å². The maximum Gasteiger partial charge on any atom is 0.272 e. The maximum atomic E-state index is 12.9. The van der Waals surface area contributed by atoms with Gasteiger partial charge in [-0.15, -0.1) is 0 Å². The number of carbonyl (C=O) groups is 1. The fourth-order valence-corrected chi connectivity index (χ4v) is 3.60. The lowest BCUT2D eigenvalue weighted by Crippen LogP contribution is -2.18. The van der Waals surface area contributed by atoms with E-state index < -0.39 is 0 Å². The van der Waals surface area contributed by atoms with Crippen molar-refractivity contribution in [3.8, 4) is 11.5 Å². The Morgan fingerprint density at radius 3 is 2.62 bits per heavy atom. The highest BCUT2D eigenvalue weighted by molar-refractivity contribution is 6.06. The lowest BCUT2D eigenvalue weighted by atomic mass is 10.1. The van der Waals surface area contributed by atoms with Crippen molar-refractivity contribution in [2.45, 2.75) is 25.7 Å². The number of aromatic nitrogens is 1. The quantitative estimate of drug-likeness (QED) is 0.308. The van der Waals surface area contributed by atoms with E-state index in [1.807, 2.05) is 85.8 Å². The smallest absolute Gasteiger partial charge is 0.272 e. The molecule has 0 saturated heterocycles. The molecule has 5 rings (SSSR count). The molecule has 4 aromatic rings. The van der Waals surface area contributed by atoms with E-state index in [1.165, 1.54) is 5.56 Å². The highest BCUT2D eigenvalue weighted by Crippen LogP contribution is 2.40. The number of fused-ring (bicyclic) bond motifs is 1. The molecule has 0 unspecified atom stereocenters. The van der Waals surface area contributed by atoms with Crippen LogP contribution in [0.4, 0.5) is 0 Å². The molecular formula is C27H23N3O2. The molecule has 1 N–H and O–H groups in total. The number of hydrogen-bond donors (Lipinski definition) is 1. The minimum Gasteiger partial charge on any atom is -0.457 e. The number of amides is 1. The third-order valence-electron chi connectivity index (χ3n) is 5.47. The van der Waals surface area contributed by atoms with E-state index >= 15 is 0 Å². The molecule has 1 amide bonds. The minimum absolute atomic E-state index is 0.242. The molecule has 1 heterocycles. The Kier molecular flexibility index (Phi) is 5.38. The van der Waals surface area contributed by atoms with Crippen LogP contribution in [0.25, 0.3) is 10.9 Å². The molecule has 0 atom stereocenters. The van der Waals surface area contributed by atoms with Gasteiger partial charge in [-0.1, -0.05) is 48.0 Å². The van der Waals surface area contributed by atoms with Crippen molar-refractivity contribution in [3.63, 3.8) is 0 Å². The molecule has 5 heteroatoms. The van der Waals surface area contributed by atoms with Gasteiger partial charge in [-0.25, -0.2) is 5.43 Å². The number of pyridine rings is 1. The summed E-state index contributed by atoms with van der Waals surface area (Å²) in [5, 5.41) is 5.01. The summed E-state index contributed by atoms with van der Waals surface area (Å²) in [5.41, 5.74) is 7.10. The highest BCUT2D eigenvalue weighted by atomic mass is 16.5. The number of hydrazone groups is 1. The van der Waals surface area contributed by atoms with Crippen molar-refractivity contribution >= 4 is 23.0 Å². The molecule has 1 aromatic heterocycles. The number of benzene rings is 3. The summed E-state index contributed by atoms with van der Waals surface area (Å²) in [6.45, 7) is 2.04. The van der Waals surface area contributed by atoms with Gasteiger partial charge >= 0.3 is 0 Å². The van der Waals surface area contributed by atoms with E-state index in [0.717, 1.165) is 40.8 Å². The molecule has 0 radical (unpaired) electrons. The average molecular weight is 422 g/mol. The molecule has 1 aliphatic carbocycles. The van der Waals surface area contributed by atoms with Crippen molar-refractivity contribution in [1.82, 2.24) is 10.4 Å². The van der Waals surface area contributed by atoms with Gasteiger partial charge in [0.2, 0.25) is 0 Å². The molecule has 1 fully saturated rings. The molecule has 0 bridgehead atoms. The fraction of sp³-hybridized carbons (Fsp3) is 0.148. The standard InChI is InChI=1S/C27H23N3O2/c1-18-9-13-21(14-10-18)32-22-6-4-5-19(15-22)17-28-30-27(31)24-16-26(20-11-12-20)29-25-8-3-2-7-23(24)25/h2-10,13-17,20H,11-12H2,1H3,(H,30,31). The number of nitrogens with zero attached hydrogens (tertiary/aromatic N) is 2. The first-order chi connectivity index (χ1) is 15.7. The zero-order valence-corrected chi connectivity index (χ0v) is 17.8. The van der Waals surface area contributed by atoms with Crippen molar-refractivity contribution in [3.05, 3.63) is 101 Å². The van der Waals surface area contributed by atoms with Crippen LogP contribution in [0.3, 0.4) is 0 Å². The predicted molar refractivity (Wildman–Crippen MR) is 126 cm³/mol. The number of hydrogen-bond acceptors (Lipinski definition) is 4. The Morgan fingerprint density at radius 2 is 1.81 bits per heavy atom. The van der Waals surface area contributed by atoms with E-state index in [1.54, 1.807) is 6.21 Å². The number of para-hydroxylation sites is 1. The second-order valence-electron chi connectivity index (χ2n) is 8.07.